The standard InChI is InChI=1S/C21H24N6O4S/c1-2-16-23-21(32-27-16)24-20-26-25-19(31-20)18(30)22-15-9-7-14(8-10-15)13-5-3-12(4-6-13)11-17(28)29/h7-10,12-13H,2-6,11H2,1H3,(H,22,30)(H,28,29)(H,23,24,26,27)/t12-,13-. The zero-order chi connectivity index (χ0) is 22.5. The summed E-state index contributed by atoms with van der Waals surface area (Å²) in [5.41, 5.74) is 1.83. The lowest BCUT2D eigenvalue weighted by Crippen LogP contribution is -2.16. The van der Waals surface area contributed by atoms with Crippen LogP contribution >= 0.6 is 11.5 Å². The molecule has 1 amide bonds. The lowest BCUT2D eigenvalue weighted by molar-refractivity contribution is -0.138. The van der Waals surface area contributed by atoms with Crippen LogP contribution in [0.5, 0.6) is 0 Å². The molecule has 0 atom stereocenters. The van der Waals surface area contributed by atoms with Gasteiger partial charge in [-0.1, -0.05) is 24.2 Å². The third kappa shape index (κ3) is 5.47. The van der Waals surface area contributed by atoms with Crippen LogP contribution in [0.3, 0.4) is 0 Å². The van der Waals surface area contributed by atoms with Crippen molar-refractivity contribution >= 4 is 40.2 Å². The average Bonchev–Trinajstić information content (AvgIpc) is 3.44. The van der Waals surface area contributed by atoms with Gasteiger partial charge in [-0.2, -0.15) is 4.37 Å². The van der Waals surface area contributed by atoms with Crippen molar-refractivity contribution in [3.05, 3.63) is 41.5 Å². The fraction of sp³-hybridized carbons (Fsp3) is 0.429. The predicted molar refractivity (Wildman–Crippen MR) is 118 cm³/mol. The molecule has 0 unspecified atom stereocenters. The molecule has 1 aliphatic rings. The molecule has 32 heavy (non-hydrogen) atoms. The number of hydrogen-bond donors (Lipinski definition) is 3. The molecule has 0 bridgehead atoms. The van der Waals surface area contributed by atoms with Crippen molar-refractivity contribution in [1.29, 1.82) is 0 Å². The van der Waals surface area contributed by atoms with E-state index in [9.17, 15) is 9.59 Å². The Kier molecular flexibility index (Phi) is 6.74. The molecule has 0 saturated heterocycles. The minimum Gasteiger partial charge on any atom is -0.481 e. The molecule has 168 valence electrons. The van der Waals surface area contributed by atoms with Gasteiger partial charge in [0.05, 0.1) is 0 Å². The van der Waals surface area contributed by atoms with Crippen molar-refractivity contribution in [1.82, 2.24) is 19.6 Å². The number of carbonyl (C=O) groups is 2. The SMILES string of the molecule is CCc1nsc(Nc2nnc(C(=O)Nc3ccc([C@H]4CC[C@H](CC(=O)O)CC4)cc3)o2)n1. The van der Waals surface area contributed by atoms with Crippen LogP contribution in [0.4, 0.5) is 16.8 Å². The Morgan fingerprint density at radius 1 is 1.16 bits per heavy atom. The highest BCUT2D eigenvalue weighted by molar-refractivity contribution is 7.09. The Bertz CT molecular complexity index is 1070. The third-order valence-corrected chi connectivity index (χ3v) is 6.24. The van der Waals surface area contributed by atoms with E-state index >= 15 is 0 Å². The first kappa shape index (κ1) is 21.9. The van der Waals surface area contributed by atoms with E-state index in [2.05, 4.69) is 30.2 Å². The van der Waals surface area contributed by atoms with Crippen molar-refractivity contribution < 1.29 is 19.1 Å². The zero-order valence-electron chi connectivity index (χ0n) is 17.6. The van der Waals surface area contributed by atoms with E-state index in [1.54, 1.807) is 0 Å². The highest BCUT2D eigenvalue weighted by atomic mass is 32.1. The number of aliphatic carboxylic acids is 1. The van der Waals surface area contributed by atoms with Gasteiger partial charge >= 0.3 is 23.8 Å². The molecule has 2 aromatic heterocycles. The van der Waals surface area contributed by atoms with Gasteiger partial charge in [0.2, 0.25) is 5.13 Å². The molecule has 0 spiro atoms. The number of nitrogens with zero attached hydrogens (tertiary/aromatic N) is 4. The summed E-state index contributed by atoms with van der Waals surface area (Å²) in [6.07, 6.45) is 4.80. The molecule has 1 saturated carbocycles. The minimum atomic E-state index is -0.719. The van der Waals surface area contributed by atoms with Gasteiger partial charge in [-0.15, -0.1) is 5.10 Å². The Labute approximate surface area is 188 Å². The third-order valence-electron chi connectivity index (χ3n) is 5.57. The second kappa shape index (κ2) is 9.86. The second-order valence-corrected chi connectivity index (χ2v) is 8.55. The average molecular weight is 457 g/mol. The summed E-state index contributed by atoms with van der Waals surface area (Å²) in [5, 5.41) is 22.7. The van der Waals surface area contributed by atoms with E-state index < -0.39 is 11.9 Å². The van der Waals surface area contributed by atoms with Gasteiger partial charge in [0.15, 0.2) is 0 Å². The zero-order valence-corrected chi connectivity index (χ0v) is 18.4. The molecule has 1 fully saturated rings. The monoisotopic (exact) mass is 456 g/mol. The number of aryl methyl sites for hydroxylation is 1. The molecule has 1 aliphatic carbocycles. The molecule has 4 rings (SSSR count). The maximum atomic E-state index is 12.4. The maximum absolute atomic E-state index is 12.4. The van der Waals surface area contributed by atoms with E-state index in [-0.39, 0.29) is 24.2 Å². The van der Waals surface area contributed by atoms with Crippen molar-refractivity contribution in [2.45, 2.75) is 51.4 Å². The number of carboxylic acids is 1. The number of aromatic nitrogens is 4. The predicted octanol–water partition coefficient (Wildman–Crippen LogP) is 4.23. The van der Waals surface area contributed by atoms with Crippen LogP contribution in [0.2, 0.25) is 0 Å². The molecular weight excluding hydrogens is 432 g/mol. The summed E-state index contributed by atoms with van der Waals surface area (Å²) in [6.45, 7) is 1.96. The summed E-state index contributed by atoms with van der Waals surface area (Å²) in [4.78, 5) is 27.6. The van der Waals surface area contributed by atoms with Crippen LogP contribution in [-0.2, 0) is 11.2 Å². The van der Waals surface area contributed by atoms with Gasteiger partial charge in [0.25, 0.3) is 0 Å². The van der Waals surface area contributed by atoms with Crippen LogP contribution in [0, 0.1) is 5.92 Å². The molecule has 0 radical (unpaired) electrons. The first-order chi connectivity index (χ1) is 15.5. The van der Waals surface area contributed by atoms with Gasteiger partial charge in [-0.3, -0.25) is 14.9 Å². The maximum Gasteiger partial charge on any atom is 0.322 e. The van der Waals surface area contributed by atoms with E-state index in [4.69, 9.17) is 9.52 Å². The Morgan fingerprint density at radius 2 is 1.91 bits per heavy atom. The summed E-state index contributed by atoms with van der Waals surface area (Å²) >= 11 is 1.18. The Morgan fingerprint density at radius 3 is 2.56 bits per heavy atom. The number of rotatable bonds is 8. The van der Waals surface area contributed by atoms with E-state index in [0.717, 1.165) is 32.1 Å². The Balaban J connectivity index is 1.30. The number of carboxylic acid groups (broad SMARTS) is 1. The summed E-state index contributed by atoms with van der Waals surface area (Å²) in [5.74, 6) is 0.0300. The van der Waals surface area contributed by atoms with E-state index in [1.807, 2.05) is 31.2 Å². The first-order valence-corrected chi connectivity index (χ1v) is 11.3. The van der Waals surface area contributed by atoms with Crippen molar-refractivity contribution in [3.63, 3.8) is 0 Å². The summed E-state index contributed by atoms with van der Waals surface area (Å²) < 4.78 is 9.53. The molecule has 2 heterocycles. The lowest BCUT2D eigenvalue weighted by atomic mass is 9.77. The molecule has 11 heteroatoms. The van der Waals surface area contributed by atoms with Gasteiger partial charge in [0.1, 0.15) is 5.82 Å². The topological polar surface area (TPSA) is 143 Å². The van der Waals surface area contributed by atoms with Crippen LogP contribution in [-0.4, -0.2) is 36.5 Å². The quantitative estimate of drug-likeness (QED) is 0.453. The van der Waals surface area contributed by atoms with Crippen LogP contribution in [0.1, 0.15) is 67.0 Å². The van der Waals surface area contributed by atoms with Gasteiger partial charge < -0.3 is 14.8 Å². The van der Waals surface area contributed by atoms with Crippen LogP contribution in [0.25, 0.3) is 0 Å². The highest BCUT2D eigenvalue weighted by Crippen LogP contribution is 2.37. The summed E-state index contributed by atoms with van der Waals surface area (Å²) in [7, 11) is 0. The number of hydrogen-bond acceptors (Lipinski definition) is 9. The molecule has 3 N–H and O–H groups in total. The van der Waals surface area contributed by atoms with Crippen molar-refractivity contribution in [2.75, 3.05) is 10.6 Å². The normalized spacial score (nSPS) is 18.3. The van der Waals surface area contributed by atoms with Crippen molar-refractivity contribution in [2.24, 2.45) is 5.92 Å². The minimum absolute atomic E-state index is 0.0720. The molecule has 0 aliphatic heterocycles. The van der Waals surface area contributed by atoms with Crippen molar-refractivity contribution in [3.8, 4) is 0 Å². The van der Waals surface area contributed by atoms with Gasteiger partial charge in [-0.05, 0) is 55.2 Å². The molecule has 1 aromatic carbocycles. The summed E-state index contributed by atoms with van der Waals surface area (Å²) in [6, 6.07) is 7.76. The van der Waals surface area contributed by atoms with E-state index in [0.29, 0.717) is 22.6 Å². The largest absolute Gasteiger partial charge is 0.481 e. The highest BCUT2D eigenvalue weighted by Gasteiger charge is 2.24. The Hall–Kier alpha value is -3.34. The van der Waals surface area contributed by atoms with E-state index in [1.165, 1.54) is 17.1 Å². The fourth-order valence-corrected chi connectivity index (χ4v) is 4.52. The number of carbonyl (C=O) groups excluding carboxylic acids is 1. The first-order valence-electron chi connectivity index (χ1n) is 10.6. The molecule has 10 nitrogen and oxygen atoms in total. The lowest BCUT2D eigenvalue weighted by Gasteiger charge is -2.28. The van der Waals surface area contributed by atoms with Crippen LogP contribution < -0.4 is 10.6 Å². The van der Waals surface area contributed by atoms with Crippen LogP contribution in [0.15, 0.2) is 28.7 Å². The molecule has 3 aromatic rings. The fourth-order valence-electron chi connectivity index (χ4n) is 3.88. The number of benzene rings is 1. The molecular formula is C21H24N6O4S. The number of amides is 1. The number of anilines is 3. The van der Waals surface area contributed by atoms with Gasteiger partial charge in [0, 0.05) is 30.1 Å². The smallest absolute Gasteiger partial charge is 0.322 e. The number of nitrogens with one attached hydrogen (secondary N) is 2. The second-order valence-electron chi connectivity index (χ2n) is 7.80. The van der Waals surface area contributed by atoms with Gasteiger partial charge in [-0.25, -0.2) is 4.98 Å².